The van der Waals surface area contributed by atoms with Crippen molar-refractivity contribution in [2.75, 3.05) is 11.9 Å². The van der Waals surface area contributed by atoms with Gasteiger partial charge in [0, 0.05) is 10.1 Å². The number of anilines is 1. The minimum Gasteiger partial charge on any atom is -0.478 e. The van der Waals surface area contributed by atoms with Gasteiger partial charge in [-0.25, -0.2) is 4.79 Å². The lowest BCUT2D eigenvalue weighted by Gasteiger charge is -2.26. The molecule has 1 aromatic carbocycles. The first-order chi connectivity index (χ1) is 9.48. The van der Waals surface area contributed by atoms with E-state index >= 15 is 0 Å². The number of aromatic carboxylic acids is 1. The van der Waals surface area contributed by atoms with Gasteiger partial charge in [-0.2, -0.15) is 0 Å². The molecule has 1 aromatic rings. The fraction of sp³-hybridized carbons (Fsp3) is 0.429. The minimum absolute atomic E-state index is 0.107. The summed E-state index contributed by atoms with van der Waals surface area (Å²) in [6.45, 7) is 0.297. The van der Waals surface area contributed by atoms with Gasteiger partial charge in [0.15, 0.2) is 0 Å². The van der Waals surface area contributed by atoms with E-state index in [1.807, 2.05) is 22.6 Å². The van der Waals surface area contributed by atoms with Gasteiger partial charge in [-0.15, -0.1) is 0 Å². The molecule has 1 aliphatic rings. The van der Waals surface area contributed by atoms with Crippen LogP contribution in [-0.4, -0.2) is 23.5 Å². The van der Waals surface area contributed by atoms with Gasteiger partial charge in [-0.3, -0.25) is 4.79 Å². The molecule has 1 aliphatic carbocycles. The summed E-state index contributed by atoms with van der Waals surface area (Å²) in [4.78, 5) is 23.7. The molecule has 1 fully saturated rings. The van der Waals surface area contributed by atoms with Crippen molar-refractivity contribution in [3.63, 3.8) is 0 Å². The van der Waals surface area contributed by atoms with Crippen molar-refractivity contribution in [2.45, 2.75) is 25.7 Å². The number of carbonyl (C=O) groups excluding carboxylic acids is 1. The van der Waals surface area contributed by atoms with Crippen LogP contribution in [0.1, 0.15) is 36.0 Å². The number of hydrogen-bond donors (Lipinski definition) is 3. The molecular weight excluding hydrogens is 371 g/mol. The molecule has 0 atom stereocenters. The largest absolute Gasteiger partial charge is 0.478 e. The van der Waals surface area contributed by atoms with Crippen LogP contribution in [-0.2, 0) is 4.79 Å². The third kappa shape index (κ3) is 2.95. The summed E-state index contributed by atoms with van der Waals surface area (Å²) in [5.41, 5.74) is 5.67. The van der Waals surface area contributed by atoms with Crippen LogP contribution in [0.15, 0.2) is 18.2 Å². The Labute approximate surface area is 131 Å². The van der Waals surface area contributed by atoms with Crippen molar-refractivity contribution in [2.24, 2.45) is 11.1 Å². The standard InChI is InChI=1S/C14H17IN2O3/c15-9-3-4-11(10(7-9)12(18)19)17-13(20)14(8-16)5-1-2-6-14/h3-4,7H,1-2,5-6,8,16H2,(H,17,20)(H,18,19). The highest BCUT2D eigenvalue weighted by molar-refractivity contribution is 14.1. The second-order valence-corrected chi connectivity index (χ2v) is 6.39. The Morgan fingerprint density at radius 2 is 2.00 bits per heavy atom. The normalized spacial score (nSPS) is 16.9. The maximum atomic E-state index is 12.4. The van der Waals surface area contributed by atoms with Crippen molar-refractivity contribution < 1.29 is 14.7 Å². The van der Waals surface area contributed by atoms with Gasteiger partial charge in [0.2, 0.25) is 5.91 Å². The van der Waals surface area contributed by atoms with Crippen LogP contribution in [0.3, 0.4) is 0 Å². The molecule has 0 aliphatic heterocycles. The van der Waals surface area contributed by atoms with Crippen molar-refractivity contribution in [3.8, 4) is 0 Å². The quantitative estimate of drug-likeness (QED) is 0.691. The number of benzene rings is 1. The summed E-state index contributed by atoms with van der Waals surface area (Å²) < 4.78 is 0.812. The number of carboxylic acid groups (broad SMARTS) is 1. The molecule has 108 valence electrons. The number of nitrogens with one attached hydrogen (secondary N) is 1. The highest BCUT2D eigenvalue weighted by atomic mass is 127. The zero-order valence-corrected chi connectivity index (χ0v) is 13.1. The van der Waals surface area contributed by atoms with E-state index in [0.29, 0.717) is 12.2 Å². The topological polar surface area (TPSA) is 92.4 Å². The van der Waals surface area contributed by atoms with Crippen molar-refractivity contribution in [3.05, 3.63) is 27.3 Å². The molecule has 1 amide bonds. The van der Waals surface area contributed by atoms with E-state index in [9.17, 15) is 14.7 Å². The lowest BCUT2D eigenvalue weighted by atomic mass is 9.85. The van der Waals surface area contributed by atoms with Crippen molar-refractivity contribution >= 4 is 40.2 Å². The van der Waals surface area contributed by atoms with E-state index in [2.05, 4.69) is 5.32 Å². The smallest absolute Gasteiger partial charge is 0.337 e. The molecule has 20 heavy (non-hydrogen) atoms. The van der Waals surface area contributed by atoms with Gasteiger partial charge in [-0.1, -0.05) is 12.8 Å². The Hall–Kier alpha value is -1.15. The molecule has 0 radical (unpaired) electrons. The van der Waals surface area contributed by atoms with Gasteiger partial charge in [0.05, 0.1) is 16.7 Å². The molecule has 1 saturated carbocycles. The first kappa shape index (κ1) is 15.2. The molecule has 0 aromatic heterocycles. The minimum atomic E-state index is -1.05. The average molecular weight is 388 g/mol. The molecule has 0 spiro atoms. The van der Waals surface area contributed by atoms with Crippen molar-refractivity contribution in [1.29, 1.82) is 0 Å². The predicted octanol–water partition coefficient (Wildman–Crippen LogP) is 2.45. The summed E-state index contributed by atoms with van der Waals surface area (Å²) in [7, 11) is 0. The maximum Gasteiger partial charge on any atom is 0.337 e. The molecule has 0 heterocycles. The first-order valence-corrected chi connectivity index (χ1v) is 7.61. The molecular formula is C14H17IN2O3. The summed E-state index contributed by atoms with van der Waals surface area (Å²) in [6.07, 6.45) is 3.51. The fourth-order valence-corrected chi connectivity index (χ4v) is 3.12. The number of carbonyl (C=O) groups is 2. The van der Waals surface area contributed by atoms with Crippen LogP contribution in [0.2, 0.25) is 0 Å². The SMILES string of the molecule is NCC1(C(=O)Nc2ccc(I)cc2C(=O)O)CCCC1. The van der Waals surface area contributed by atoms with E-state index in [1.165, 1.54) is 0 Å². The Morgan fingerprint density at radius 1 is 1.35 bits per heavy atom. The summed E-state index contributed by atoms with van der Waals surface area (Å²) >= 11 is 2.04. The highest BCUT2D eigenvalue weighted by Crippen LogP contribution is 2.38. The Morgan fingerprint density at radius 3 is 2.55 bits per heavy atom. The van der Waals surface area contributed by atoms with Gasteiger partial charge < -0.3 is 16.2 Å². The Bertz CT molecular complexity index is 539. The van der Waals surface area contributed by atoms with E-state index in [4.69, 9.17) is 5.73 Å². The number of rotatable bonds is 4. The number of amides is 1. The van der Waals surface area contributed by atoms with E-state index in [1.54, 1.807) is 18.2 Å². The van der Waals surface area contributed by atoms with Gasteiger partial charge in [-0.05, 0) is 53.6 Å². The zero-order chi connectivity index (χ0) is 14.8. The van der Waals surface area contributed by atoms with Gasteiger partial charge in [0.1, 0.15) is 0 Å². The van der Waals surface area contributed by atoms with Crippen LogP contribution in [0.5, 0.6) is 0 Å². The molecule has 0 saturated heterocycles. The van der Waals surface area contributed by atoms with Crippen molar-refractivity contribution in [1.82, 2.24) is 0 Å². The van der Waals surface area contributed by atoms with Gasteiger partial charge >= 0.3 is 5.97 Å². The number of nitrogens with two attached hydrogens (primary N) is 1. The third-order valence-electron chi connectivity index (χ3n) is 3.89. The van der Waals surface area contributed by atoms with E-state index in [0.717, 1.165) is 29.3 Å². The fourth-order valence-electron chi connectivity index (χ4n) is 2.63. The predicted molar refractivity (Wildman–Crippen MR) is 84.7 cm³/mol. The van der Waals surface area contributed by atoms with Crippen LogP contribution in [0.4, 0.5) is 5.69 Å². The van der Waals surface area contributed by atoms with Crippen LogP contribution in [0.25, 0.3) is 0 Å². The highest BCUT2D eigenvalue weighted by Gasteiger charge is 2.40. The van der Waals surface area contributed by atoms with Crippen LogP contribution >= 0.6 is 22.6 Å². The molecule has 2 rings (SSSR count). The monoisotopic (exact) mass is 388 g/mol. The summed E-state index contributed by atoms with van der Waals surface area (Å²) in [5.74, 6) is -1.21. The third-order valence-corrected chi connectivity index (χ3v) is 4.56. The van der Waals surface area contributed by atoms with E-state index < -0.39 is 11.4 Å². The van der Waals surface area contributed by atoms with Crippen LogP contribution < -0.4 is 11.1 Å². The van der Waals surface area contributed by atoms with Gasteiger partial charge in [0.25, 0.3) is 0 Å². The zero-order valence-electron chi connectivity index (χ0n) is 11.0. The molecule has 4 N–H and O–H groups in total. The lowest BCUT2D eigenvalue weighted by molar-refractivity contribution is -0.124. The summed E-state index contributed by atoms with van der Waals surface area (Å²) in [6, 6.07) is 4.94. The second-order valence-electron chi connectivity index (χ2n) is 5.14. The molecule has 6 heteroatoms. The molecule has 5 nitrogen and oxygen atoms in total. The number of hydrogen-bond acceptors (Lipinski definition) is 3. The van der Waals surface area contributed by atoms with Crippen LogP contribution in [0, 0.1) is 8.99 Å². The second kappa shape index (κ2) is 6.09. The summed E-state index contributed by atoms with van der Waals surface area (Å²) in [5, 5.41) is 12.0. The maximum absolute atomic E-state index is 12.4. The number of carboxylic acids is 1. The molecule has 0 unspecified atom stereocenters. The molecule has 0 bridgehead atoms. The Balaban J connectivity index is 2.25. The average Bonchev–Trinajstić information content (AvgIpc) is 2.90. The van der Waals surface area contributed by atoms with E-state index in [-0.39, 0.29) is 11.5 Å². The lowest BCUT2D eigenvalue weighted by Crippen LogP contribution is -2.40. The number of halogens is 1. The Kier molecular flexibility index (Phi) is 4.64. The first-order valence-electron chi connectivity index (χ1n) is 6.53.